The highest BCUT2D eigenvalue weighted by Crippen LogP contribution is 2.35. The van der Waals surface area contributed by atoms with Gasteiger partial charge in [0, 0.05) is 17.1 Å². The maximum Gasteiger partial charge on any atom is 0.277 e. The summed E-state index contributed by atoms with van der Waals surface area (Å²) in [7, 11) is 3.10. The van der Waals surface area contributed by atoms with Gasteiger partial charge < -0.3 is 24.5 Å². The molecule has 3 N–H and O–H groups in total. The van der Waals surface area contributed by atoms with E-state index in [1.54, 1.807) is 43.1 Å². The van der Waals surface area contributed by atoms with Crippen LogP contribution in [0.15, 0.2) is 53.3 Å². The standard InChI is InChI=1S/C25H23BrClFN4O5/c1-35-16-7-14(8-17(10-16)36-2)12-32-13-29-24-21(32)11-18(25(34)31-37-6-5-33)23(22(24)28)30-20-4-3-15(26)9-19(20)27/h3-4,7-11,13,30,33H,5-6,12H2,1-2H3,(H,31,34). The van der Waals surface area contributed by atoms with Gasteiger partial charge in [-0.2, -0.15) is 0 Å². The van der Waals surface area contributed by atoms with Gasteiger partial charge in [0.15, 0.2) is 5.82 Å². The maximum absolute atomic E-state index is 15.9. The second-order valence-corrected chi connectivity index (χ2v) is 9.15. The van der Waals surface area contributed by atoms with Crippen LogP contribution in [0.2, 0.25) is 5.02 Å². The smallest absolute Gasteiger partial charge is 0.277 e. The Morgan fingerprint density at radius 1 is 1.16 bits per heavy atom. The number of hydrogen-bond donors (Lipinski definition) is 3. The number of nitrogens with one attached hydrogen (secondary N) is 2. The number of carbonyl (C=O) groups is 1. The van der Waals surface area contributed by atoms with E-state index < -0.39 is 11.7 Å². The van der Waals surface area contributed by atoms with Crippen molar-refractivity contribution in [2.45, 2.75) is 6.54 Å². The van der Waals surface area contributed by atoms with Gasteiger partial charge in [-0.3, -0.25) is 9.63 Å². The third-order valence-corrected chi connectivity index (χ3v) is 6.22. The van der Waals surface area contributed by atoms with Crippen LogP contribution in [0.3, 0.4) is 0 Å². The highest BCUT2D eigenvalue weighted by Gasteiger charge is 2.23. The molecule has 1 amide bonds. The number of amides is 1. The Hall–Kier alpha value is -3.38. The van der Waals surface area contributed by atoms with E-state index in [9.17, 15) is 4.79 Å². The second-order valence-electron chi connectivity index (χ2n) is 7.83. The summed E-state index contributed by atoms with van der Waals surface area (Å²) in [5.74, 6) is -0.264. The molecule has 0 aliphatic heterocycles. The first-order valence-corrected chi connectivity index (χ1v) is 12.2. The van der Waals surface area contributed by atoms with E-state index in [0.29, 0.717) is 34.3 Å². The van der Waals surface area contributed by atoms with E-state index in [0.717, 1.165) is 10.0 Å². The zero-order chi connectivity index (χ0) is 26.5. The molecule has 0 aliphatic carbocycles. The lowest BCUT2D eigenvalue weighted by Crippen LogP contribution is -2.26. The van der Waals surface area contributed by atoms with Crippen molar-refractivity contribution in [1.29, 1.82) is 0 Å². The van der Waals surface area contributed by atoms with Crippen LogP contribution in [-0.2, 0) is 11.4 Å². The molecule has 1 heterocycles. The largest absolute Gasteiger partial charge is 0.497 e. The van der Waals surface area contributed by atoms with Crippen LogP contribution in [0.5, 0.6) is 11.5 Å². The van der Waals surface area contributed by atoms with E-state index in [4.69, 9.17) is 31.0 Å². The predicted octanol–water partition coefficient (Wildman–Crippen LogP) is 5.05. The number of halogens is 3. The summed E-state index contributed by atoms with van der Waals surface area (Å²) in [4.78, 5) is 22.2. The van der Waals surface area contributed by atoms with Gasteiger partial charge in [-0.05, 0) is 42.0 Å². The Morgan fingerprint density at radius 3 is 2.54 bits per heavy atom. The molecule has 0 saturated heterocycles. The average molecular weight is 594 g/mol. The van der Waals surface area contributed by atoms with Crippen LogP contribution in [0.4, 0.5) is 15.8 Å². The Kier molecular flexibility index (Phi) is 8.49. The van der Waals surface area contributed by atoms with E-state index in [1.807, 2.05) is 12.1 Å². The summed E-state index contributed by atoms with van der Waals surface area (Å²) in [6.07, 6.45) is 1.49. The number of rotatable bonds is 10. The fourth-order valence-electron chi connectivity index (χ4n) is 3.68. The summed E-state index contributed by atoms with van der Waals surface area (Å²) in [5, 5.41) is 12.2. The predicted molar refractivity (Wildman–Crippen MR) is 141 cm³/mol. The van der Waals surface area contributed by atoms with Crippen molar-refractivity contribution >= 4 is 55.8 Å². The van der Waals surface area contributed by atoms with Crippen molar-refractivity contribution in [2.24, 2.45) is 0 Å². The molecule has 9 nitrogen and oxygen atoms in total. The first kappa shape index (κ1) is 26.7. The number of aromatic nitrogens is 2. The normalized spacial score (nSPS) is 11.0. The van der Waals surface area contributed by atoms with Gasteiger partial charge in [0.1, 0.15) is 17.0 Å². The molecule has 0 spiro atoms. The Labute approximate surface area is 225 Å². The molecule has 0 fully saturated rings. The minimum atomic E-state index is -0.745. The van der Waals surface area contributed by atoms with Gasteiger partial charge in [0.25, 0.3) is 5.91 Å². The van der Waals surface area contributed by atoms with Crippen LogP contribution in [0.25, 0.3) is 11.0 Å². The number of fused-ring (bicyclic) bond motifs is 1. The molecule has 194 valence electrons. The first-order chi connectivity index (χ1) is 17.8. The highest BCUT2D eigenvalue weighted by atomic mass is 79.9. The fraction of sp³-hybridized carbons (Fsp3) is 0.200. The molecule has 3 aromatic carbocycles. The number of methoxy groups -OCH3 is 2. The zero-order valence-corrected chi connectivity index (χ0v) is 22.2. The van der Waals surface area contributed by atoms with Crippen molar-refractivity contribution in [3.63, 3.8) is 0 Å². The van der Waals surface area contributed by atoms with E-state index in [1.165, 1.54) is 12.4 Å². The number of anilines is 2. The lowest BCUT2D eigenvalue weighted by Gasteiger charge is -2.16. The summed E-state index contributed by atoms with van der Waals surface area (Å²) in [5.41, 5.74) is 3.68. The molecule has 0 unspecified atom stereocenters. The number of carbonyl (C=O) groups excluding carboxylic acids is 1. The highest BCUT2D eigenvalue weighted by molar-refractivity contribution is 9.10. The van der Waals surface area contributed by atoms with Gasteiger partial charge in [0.05, 0.1) is 61.2 Å². The zero-order valence-electron chi connectivity index (χ0n) is 19.8. The summed E-state index contributed by atoms with van der Waals surface area (Å²) >= 11 is 9.65. The molecule has 0 saturated carbocycles. The molecule has 4 aromatic rings. The maximum atomic E-state index is 15.9. The van der Waals surface area contributed by atoms with Crippen LogP contribution < -0.4 is 20.3 Å². The number of hydrogen-bond acceptors (Lipinski definition) is 7. The van der Waals surface area contributed by atoms with Crippen LogP contribution >= 0.6 is 27.5 Å². The molecule has 12 heteroatoms. The molecule has 0 atom stereocenters. The van der Waals surface area contributed by atoms with Gasteiger partial charge in [-0.25, -0.2) is 14.9 Å². The minimum absolute atomic E-state index is 0.0492. The van der Waals surface area contributed by atoms with E-state index >= 15 is 4.39 Å². The molecule has 1 aromatic heterocycles. The monoisotopic (exact) mass is 592 g/mol. The summed E-state index contributed by atoms with van der Waals surface area (Å²) in [6.45, 7) is -0.131. The van der Waals surface area contributed by atoms with E-state index in [-0.39, 0.29) is 30.0 Å². The second kappa shape index (κ2) is 11.8. The van der Waals surface area contributed by atoms with Crippen molar-refractivity contribution < 1.29 is 28.6 Å². The van der Waals surface area contributed by atoms with Gasteiger partial charge in [-0.1, -0.05) is 27.5 Å². The first-order valence-electron chi connectivity index (χ1n) is 11.0. The van der Waals surface area contributed by atoms with Crippen molar-refractivity contribution in [1.82, 2.24) is 15.0 Å². The Balaban J connectivity index is 1.80. The van der Waals surface area contributed by atoms with Crippen molar-refractivity contribution in [3.05, 3.63) is 75.2 Å². The van der Waals surface area contributed by atoms with Crippen LogP contribution in [0, 0.1) is 5.82 Å². The quantitative estimate of drug-likeness (QED) is 0.174. The van der Waals surface area contributed by atoms with Crippen LogP contribution in [0.1, 0.15) is 15.9 Å². The van der Waals surface area contributed by atoms with E-state index in [2.05, 4.69) is 31.7 Å². The fourth-order valence-corrected chi connectivity index (χ4v) is 4.40. The number of imidazole rings is 1. The summed E-state index contributed by atoms with van der Waals surface area (Å²) < 4.78 is 29.0. The molecule has 0 aliphatic rings. The molecular formula is C25H23BrClFN4O5. The molecule has 0 radical (unpaired) electrons. The molecule has 37 heavy (non-hydrogen) atoms. The third-order valence-electron chi connectivity index (χ3n) is 5.41. The number of aliphatic hydroxyl groups excluding tert-OH is 1. The number of ether oxygens (including phenoxy) is 2. The number of benzene rings is 3. The summed E-state index contributed by atoms with van der Waals surface area (Å²) in [6, 6.07) is 11.9. The molecular weight excluding hydrogens is 571 g/mol. The lowest BCUT2D eigenvalue weighted by atomic mass is 10.1. The Bertz CT molecular complexity index is 1430. The Morgan fingerprint density at radius 2 is 1.89 bits per heavy atom. The minimum Gasteiger partial charge on any atom is -0.497 e. The van der Waals surface area contributed by atoms with Crippen molar-refractivity contribution in [3.8, 4) is 11.5 Å². The third kappa shape index (κ3) is 5.96. The molecule has 0 bridgehead atoms. The van der Waals surface area contributed by atoms with Gasteiger partial charge in [-0.15, -0.1) is 0 Å². The van der Waals surface area contributed by atoms with Crippen LogP contribution in [-0.4, -0.2) is 48.0 Å². The average Bonchev–Trinajstić information content (AvgIpc) is 3.29. The SMILES string of the molecule is COc1cc(Cn2cnc3c(F)c(Nc4ccc(Br)cc4Cl)c(C(=O)NOCCO)cc32)cc(OC)c1. The van der Waals surface area contributed by atoms with Crippen molar-refractivity contribution in [2.75, 3.05) is 32.8 Å². The van der Waals surface area contributed by atoms with Gasteiger partial charge in [0.2, 0.25) is 0 Å². The topological polar surface area (TPSA) is 107 Å². The number of nitrogens with zero attached hydrogens (tertiary/aromatic N) is 2. The number of aliphatic hydroxyl groups is 1. The molecule has 4 rings (SSSR count). The lowest BCUT2D eigenvalue weighted by molar-refractivity contribution is 0.0169. The number of hydroxylamine groups is 1. The van der Waals surface area contributed by atoms with Gasteiger partial charge >= 0.3 is 0 Å².